The van der Waals surface area contributed by atoms with Crippen LogP contribution in [0.25, 0.3) is 6.08 Å². The van der Waals surface area contributed by atoms with Crippen molar-refractivity contribution in [3.05, 3.63) is 59.7 Å². The Morgan fingerprint density at radius 2 is 1.74 bits per heavy atom. The number of carbonyl (C=O) groups is 1. The molecule has 0 saturated carbocycles. The van der Waals surface area contributed by atoms with Crippen LogP contribution >= 0.6 is 0 Å². The van der Waals surface area contributed by atoms with Crippen LogP contribution in [0.3, 0.4) is 0 Å². The molecule has 2 saturated heterocycles. The van der Waals surface area contributed by atoms with Gasteiger partial charge in [-0.1, -0.05) is 18.2 Å². The van der Waals surface area contributed by atoms with Crippen LogP contribution in [0.2, 0.25) is 0 Å². The van der Waals surface area contributed by atoms with Gasteiger partial charge in [0.15, 0.2) is 18.2 Å². The minimum atomic E-state index is -1.99. The van der Waals surface area contributed by atoms with Crippen LogP contribution in [0.4, 0.5) is 0 Å². The van der Waals surface area contributed by atoms with Gasteiger partial charge in [-0.25, -0.2) is 0 Å². The maximum absolute atomic E-state index is 12.4. The Morgan fingerprint density at radius 3 is 2.36 bits per heavy atom. The van der Waals surface area contributed by atoms with Crippen molar-refractivity contribution in [2.45, 2.75) is 48.7 Å². The first-order valence-corrected chi connectivity index (χ1v) is 12.0. The third-order valence-corrected chi connectivity index (χ3v) is 6.50. The monoisotopic (exact) mass is 550 g/mol. The lowest BCUT2D eigenvalue weighted by molar-refractivity contribution is -0.318. The number of benzene rings is 2. The van der Waals surface area contributed by atoms with Crippen LogP contribution < -0.4 is 4.74 Å². The normalized spacial score (nSPS) is 32.9. The number of allylic oxidation sites excluding steroid dienone is 1. The molecule has 2 fully saturated rings. The number of aromatic hydroxyl groups is 2. The van der Waals surface area contributed by atoms with E-state index in [1.54, 1.807) is 12.1 Å². The number of hydrogen-bond donors (Lipinski definition) is 8. The van der Waals surface area contributed by atoms with E-state index in [0.717, 1.165) is 6.07 Å². The summed E-state index contributed by atoms with van der Waals surface area (Å²) in [6.07, 6.45) is -7.74. The highest BCUT2D eigenvalue weighted by molar-refractivity contribution is 6.08. The molecule has 0 spiro atoms. The average Bonchev–Trinajstić information content (AvgIpc) is 3.21. The summed E-state index contributed by atoms with van der Waals surface area (Å²) in [7, 11) is 0. The van der Waals surface area contributed by atoms with Crippen LogP contribution in [0.1, 0.15) is 15.9 Å². The minimum Gasteiger partial charge on any atom is -0.508 e. The molecule has 212 valence electrons. The molecule has 4 rings (SSSR count). The molecule has 8 atom stereocenters. The Morgan fingerprint density at radius 1 is 1.03 bits per heavy atom. The van der Waals surface area contributed by atoms with Gasteiger partial charge in [0, 0.05) is 6.07 Å². The molecule has 0 aliphatic carbocycles. The van der Waals surface area contributed by atoms with Gasteiger partial charge in [0.25, 0.3) is 0 Å². The number of ketones is 1. The maximum Gasteiger partial charge on any atom is 0.229 e. The van der Waals surface area contributed by atoms with E-state index in [1.807, 2.05) is 0 Å². The fraction of sp³-hybridized carbons (Fsp3) is 0.423. The van der Waals surface area contributed by atoms with Gasteiger partial charge in [0.1, 0.15) is 47.3 Å². The lowest BCUT2D eigenvalue weighted by atomic mass is 9.98. The zero-order valence-corrected chi connectivity index (χ0v) is 20.5. The second kappa shape index (κ2) is 12.0. The third kappa shape index (κ3) is 6.22. The van der Waals surface area contributed by atoms with Crippen LogP contribution in [0, 0.1) is 0 Å². The zero-order chi connectivity index (χ0) is 28.3. The van der Waals surface area contributed by atoms with Gasteiger partial charge in [-0.15, -0.1) is 0 Å². The fourth-order valence-corrected chi connectivity index (χ4v) is 4.14. The summed E-state index contributed by atoms with van der Waals surface area (Å²) < 4.78 is 22.2. The first kappa shape index (κ1) is 28.9. The van der Waals surface area contributed by atoms with Crippen molar-refractivity contribution in [2.75, 3.05) is 19.8 Å². The van der Waals surface area contributed by atoms with E-state index in [4.69, 9.17) is 18.9 Å². The van der Waals surface area contributed by atoms with Crippen LogP contribution in [0.15, 0.2) is 48.5 Å². The number of rotatable bonds is 9. The van der Waals surface area contributed by atoms with E-state index in [1.165, 1.54) is 36.4 Å². The van der Waals surface area contributed by atoms with Gasteiger partial charge in [-0.3, -0.25) is 4.79 Å². The Labute approximate surface area is 222 Å². The topological polar surface area (TPSA) is 216 Å². The van der Waals surface area contributed by atoms with Crippen molar-refractivity contribution in [1.82, 2.24) is 0 Å². The first-order valence-electron chi connectivity index (χ1n) is 12.0. The number of aliphatic hydroxyl groups excluding tert-OH is 5. The van der Waals surface area contributed by atoms with Crippen molar-refractivity contribution in [3.8, 4) is 17.2 Å². The van der Waals surface area contributed by atoms with Crippen LogP contribution in [-0.4, -0.2) is 115 Å². The number of phenols is 2. The van der Waals surface area contributed by atoms with Crippen molar-refractivity contribution >= 4 is 11.9 Å². The Hall–Kier alpha value is -3.11. The molecule has 13 heteroatoms. The largest absolute Gasteiger partial charge is 0.508 e. The highest BCUT2D eigenvalue weighted by atomic mass is 16.8. The van der Waals surface area contributed by atoms with E-state index in [2.05, 4.69) is 0 Å². The van der Waals surface area contributed by atoms with E-state index in [9.17, 15) is 45.6 Å². The maximum atomic E-state index is 12.4. The van der Waals surface area contributed by atoms with Gasteiger partial charge in [-0.05, 0) is 35.9 Å². The Kier molecular flexibility index (Phi) is 8.86. The number of hydrogen-bond acceptors (Lipinski definition) is 13. The van der Waals surface area contributed by atoms with Gasteiger partial charge in [0.2, 0.25) is 6.29 Å². The summed E-state index contributed by atoms with van der Waals surface area (Å²) in [5.74, 6) is -0.810. The molecule has 8 unspecified atom stereocenters. The molecule has 2 aliphatic rings. The van der Waals surface area contributed by atoms with Crippen LogP contribution in [-0.2, 0) is 14.2 Å². The second-order valence-corrected chi connectivity index (χ2v) is 9.28. The molecule has 13 nitrogen and oxygen atoms in total. The fourth-order valence-electron chi connectivity index (χ4n) is 4.14. The molecule has 39 heavy (non-hydrogen) atoms. The standard InChI is InChI=1S/C26H30O13/c27-10-19-20(32)21(33)22(39-25-23(34)26(35,11-28)12-36-25)24(38-19)37-15-5-1-13(2-6-15)3-8-17(30)16-7-4-14(29)9-18(16)31/h1-9,19-25,27-29,31-35H,10-12H2/b8-3+. The molecule has 2 aliphatic heterocycles. The zero-order valence-electron chi connectivity index (χ0n) is 20.5. The number of aliphatic hydroxyl groups is 6. The summed E-state index contributed by atoms with van der Waals surface area (Å²) in [6, 6.07) is 9.84. The molecular formula is C26H30O13. The molecule has 0 aromatic heterocycles. The SMILES string of the molecule is O=C(/C=C/c1ccc(OC2OC(CO)C(O)C(O)C2OC2OCC(O)(CO)C2O)cc1)c1ccc(O)cc1O. The number of ether oxygens (including phenoxy) is 4. The second-order valence-electron chi connectivity index (χ2n) is 9.28. The summed E-state index contributed by atoms with van der Waals surface area (Å²) in [5, 5.41) is 79.6. The molecule has 0 amide bonds. The van der Waals surface area contributed by atoms with Crippen molar-refractivity contribution in [2.24, 2.45) is 0 Å². The number of carbonyl (C=O) groups excluding carboxylic acids is 1. The average molecular weight is 551 g/mol. The molecule has 2 aromatic carbocycles. The lowest BCUT2D eigenvalue weighted by Gasteiger charge is -2.42. The first-order chi connectivity index (χ1) is 18.6. The van der Waals surface area contributed by atoms with Gasteiger partial charge in [0.05, 0.1) is 25.4 Å². The molecule has 8 N–H and O–H groups in total. The van der Waals surface area contributed by atoms with Crippen molar-refractivity contribution in [1.29, 1.82) is 0 Å². The predicted molar refractivity (Wildman–Crippen MR) is 131 cm³/mol. The van der Waals surface area contributed by atoms with Crippen molar-refractivity contribution in [3.63, 3.8) is 0 Å². The quantitative estimate of drug-likeness (QED) is 0.134. The predicted octanol–water partition coefficient (Wildman–Crippen LogP) is -1.36. The smallest absolute Gasteiger partial charge is 0.229 e. The molecular weight excluding hydrogens is 520 g/mol. The van der Waals surface area contributed by atoms with Gasteiger partial charge < -0.3 is 59.8 Å². The van der Waals surface area contributed by atoms with E-state index in [-0.39, 0.29) is 22.8 Å². The molecule has 0 radical (unpaired) electrons. The van der Waals surface area contributed by atoms with E-state index < -0.39 is 74.3 Å². The van der Waals surface area contributed by atoms with Crippen LogP contribution in [0.5, 0.6) is 17.2 Å². The molecule has 2 heterocycles. The van der Waals surface area contributed by atoms with Crippen molar-refractivity contribution < 1.29 is 64.6 Å². The Bertz CT molecular complexity index is 1170. The lowest BCUT2D eigenvalue weighted by Crippen LogP contribution is -2.62. The summed E-state index contributed by atoms with van der Waals surface area (Å²) >= 11 is 0. The van der Waals surface area contributed by atoms with E-state index >= 15 is 0 Å². The highest BCUT2D eigenvalue weighted by Crippen LogP contribution is 2.32. The minimum absolute atomic E-state index is 0.0115. The third-order valence-electron chi connectivity index (χ3n) is 6.50. The molecule has 0 bridgehead atoms. The van der Waals surface area contributed by atoms with Gasteiger partial charge in [-0.2, -0.15) is 0 Å². The summed E-state index contributed by atoms with van der Waals surface area (Å²) in [6.45, 7) is -1.91. The van der Waals surface area contributed by atoms with E-state index in [0.29, 0.717) is 5.56 Å². The Balaban J connectivity index is 1.46. The number of phenolic OH excluding ortho intramolecular Hbond substituents is 2. The summed E-state index contributed by atoms with van der Waals surface area (Å²) in [5.41, 5.74) is -1.39. The van der Waals surface area contributed by atoms with Gasteiger partial charge >= 0.3 is 0 Å². The highest BCUT2D eigenvalue weighted by Gasteiger charge is 2.53. The molecule has 2 aromatic rings. The summed E-state index contributed by atoms with van der Waals surface area (Å²) in [4.78, 5) is 12.4.